The van der Waals surface area contributed by atoms with E-state index < -0.39 is 0 Å². The highest BCUT2D eigenvalue weighted by atomic mass is 16.3. The molecule has 0 amide bonds. The molecule has 2 heteroatoms. The number of furan rings is 1. The average molecular weight is 840 g/mol. The molecule has 12 aromatic carbocycles. The van der Waals surface area contributed by atoms with Gasteiger partial charge in [0.25, 0.3) is 0 Å². The molecule has 1 aromatic heterocycles. The van der Waals surface area contributed by atoms with Crippen molar-refractivity contribution in [2.24, 2.45) is 0 Å². The molecule has 0 spiro atoms. The minimum Gasteiger partial charge on any atom is -0.456 e. The zero-order valence-corrected chi connectivity index (χ0v) is 36.0. The van der Waals surface area contributed by atoms with Crippen molar-refractivity contribution in [3.8, 4) is 44.5 Å². The SMILES string of the molecule is c1cc(-c2ccc(-c3cccc4c3ccc3ccccc34)cc2)cc(N(c2ccc(-c3cccc4oc5ccccc5c34)cc2)c2ccccc2-c2cccc3c2ccc2ccccc23)c1. The van der Waals surface area contributed by atoms with Crippen LogP contribution in [0.2, 0.25) is 0 Å². The Morgan fingerprint density at radius 3 is 1.53 bits per heavy atom. The highest BCUT2D eigenvalue weighted by Gasteiger charge is 2.20. The highest BCUT2D eigenvalue weighted by molar-refractivity contribution is 6.15. The first-order chi connectivity index (χ1) is 32.7. The molecular weight excluding hydrogens is 799 g/mol. The van der Waals surface area contributed by atoms with Crippen LogP contribution in [-0.2, 0) is 0 Å². The van der Waals surface area contributed by atoms with Gasteiger partial charge < -0.3 is 9.32 Å². The molecule has 66 heavy (non-hydrogen) atoms. The van der Waals surface area contributed by atoms with Crippen molar-refractivity contribution < 1.29 is 4.42 Å². The summed E-state index contributed by atoms with van der Waals surface area (Å²) in [6.07, 6.45) is 0. The molecule has 0 N–H and O–H groups in total. The zero-order chi connectivity index (χ0) is 43.6. The van der Waals surface area contributed by atoms with E-state index in [4.69, 9.17) is 4.42 Å². The standard InChI is InChI=1S/C64H41NO/c1-3-17-50-43(13-1)35-39-57-52(21-10-23-54(50)57)45-31-29-42(30-32-45)47-15-9-16-49(41-47)65(48-37-33-46(34-38-48)53-22-12-28-63-64(53)60-20-6-8-27-62(60)66-63)61-26-7-5-19-59(61)56-25-11-24-55-51-18-4-2-14-44(51)36-40-58(55)56/h1-41H. The van der Waals surface area contributed by atoms with Gasteiger partial charge in [-0.05, 0) is 124 Å². The van der Waals surface area contributed by atoms with Crippen LogP contribution in [0.25, 0.3) is 110 Å². The van der Waals surface area contributed by atoms with Crippen LogP contribution in [0.1, 0.15) is 0 Å². The van der Waals surface area contributed by atoms with Crippen LogP contribution in [0.3, 0.4) is 0 Å². The largest absolute Gasteiger partial charge is 0.456 e. The summed E-state index contributed by atoms with van der Waals surface area (Å²) in [5.41, 5.74) is 14.4. The van der Waals surface area contributed by atoms with E-state index in [1.807, 2.05) is 12.1 Å². The lowest BCUT2D eigenvalue weighted by Gasteiger charge is -2.29. The summed E-state index contributed by atoms with van der Waals surface area (Å²) < 4.78 is 6.30. The molecule has 13 aromatic rings. The third kappa shape index (κ3) is 6.26. The van der Waals surface area contributed by atoms with Crippen molar-refractivity contribution in [1.82, 2.24) is 0 Å². The number of para-hydroxylation sites is 2. The maximum atomic E-state index is 6.30. The predicted octanol–water partition coefficient (Wildman–Crippen LogP) is 18.3. The number of anilines is 3. The Balaban J connectivity index is 0.943. The third-order valence-electron chi connectivity index (χ3n) is 13.5. The summed E-state index contributed by atoms with van der Waals surface area (Å²) in [6, 6.07) is 90.3. The second-order valence-corrected chi connectivity index (χ2v) is 17.2. The second kappa shape index (κ2) is 15.5. The minimum absolute atomic E-state index is 0.895. The monoisotopic (exact) mass is 839 g/mol. The lowest BCUT2D eigenvalue weighted by Crippen LogP contribution is -2.11. The van der Waals surface area contributed by atoms with Gasteiger partial charge in [0, 0.05) is 27.7 Å². The van der Waals surface area contributed by atoms with Crippen LogP contribution in [0, 0.1) is 0 Å². The molecule has 0 fully saturated rings. The average Bonchev–Trinajstić information content (AvgIpc) is 3.78. The molecule has 0 bridgehead atoms. The van der Waals surface area contributed by atoms with Crippen molar-refractivity contribution in [3.63, 3.8) is 0 Å². The van der Waals surface area contributed by atoms with E-state index in [1.165, 1.54) is 59.8 Å². The molecule has 0 aliphatic heterocycles. The van der Waals surface area contributed by atoms with Crippen molar-refractivity contribution in [2.45, 2.75) is 0 Å². The molecule has 0 saturated heterocycles. The third-order valence-corrected chi connectivity index (χ3v) is 13.5. The van der Waals surface area contributed by atoms with Crippen LogP contribution >= 0.6 is 0 Å². The van der Waals surface area contributed by atoms with E-state index in [0.29, 0.717) is 0 Å². The van der Waals surface area contributed by atoms with E-state index in [2.05, 4.69) is 241 Å². The highest BCUT2D eigenvalue weighted by Crippen LogP contribution is 2.45. The maximum Gasteiger partial charge on any atom is 0.136 e. The van der Waals surface area contributed by atoms with Gasteiger partial charge in [-0.3, -0.25) is 0 Å². The number of benzene rings is 12. The molecule has 308 valence electrons. The Kier molecular flexibility index (Phi) is 8.89. The maximum absolute atomic E-state index is 6.30. The van der Waals surface area contributed by atoms with E-state index in [0.717, 1.165) is 66.8 Å². The lowest BCUT2D eigenvalue weighted by atomic mass is 9.93. The van der Waals surface area contributed by atoms with Crippen molar-refractivity contribution in [2.75, 3.05) is 4.90 Å². The van der Waals surface area contributed by atoms with E-state index in [1.54, 1.807) is 0 Å². The number of hydrogen-bond acceptors (Lipinski definition) is 2. The van der Waals surface area contributed by atoms with Crippen LogP contribution in [0.15, 0.2) is 253 Å². The molecule has 0 saturated carbocycles. The minimum atomic E-state index is 0.895. The Morgan fingerprint density at radius 2 is 0.773 bits per heavy atom. The van der Waals surface area contributed by atoms with Crippen LogP contribution in [-0.4, -0.2) is 0 Å². The number of fused-ring (bicyclic) bond motifs is 9. The molecule has 0 atom stereocenters. The Labute approximate surface area is 382 Å². The van der Waals surface area contributed by atoms with Gasteiger partial charge in [-0.2, -0.15) is 0 Å². The van der Waals surface area contributed by atoms with Crippen molar-refractivity contribution in [1.29, 1.82) is 0 Å². The number of hydrogen-bond donors (Lipinski definition) is 0. The molecule has 0 unspecified atom stereocenters. The van der Waals surface area contributed by atoms with Gasteiger partial charge in [0.2, 0.25) is 0 Å². The fourth-order valence-corrected chi connectivity index (χ4v) is 10.4. The first-order valence-electron chi connectivity index (χ1n) is 22.7. The molecule has 13 rings (SSSR count). The Morgan fingerprint density at radius 1 is 0.258 bits per heavy atom. The summed E-state index contributed by atoms with van der Waals surface area (Å²) in [5, 5.41) is 12.3. The van der Waals surface area contributed by atoms with Crippen LogP contribution < -0.4 is 4.90 Å². The van der Waals surface area contributed by atoms with Gasteiger partial charge in [0.05, 0.1) is 5.69 Å². The van der Waals surface area contributed by atoms with Crippen molar-refractivity contribution >= 4 is 82.1 Å². The fourth-order valence-electron chi connectivity index (χ4n) is 10.4. The van der Waals surface area contributed by atoms with Gasteiger partial charge in [0.15, 0.2) is 0 Å². The first-order valence-corrected chi connectivity index (χ1v) is 22.7. The van der Waals surface area contributed by atoms with Gasteiger partial charge in [-0.15, -0.1) is 0 Å². The zero-order valence-electron chi connectivity index (χ0n) is 36.0. The van der Waals surface area contributed by atoms with Crippen LogP contribution in [0.5, 0.6) is 0 Å². The Hall–Kier alpha value is -8.72. The normalized spacial score (nSPS) is 11.6. The van der Waals surface area contributed by atoms with E-state index >= 15 is 0 Å². The molecule has 1 heterocycles. The summed E-state index contributed by atoms with van der Waals surface area (Å²) in [5.74, 6) is 0. The second-order valence-electron chi connectivity index (χ2n) is 17.2. The van der Waals surface area contributed by atoms with Crippen molar-refractivity contribution in [3.05, 3.63) is 249 Å². The topological polar surface area (TPSA) is 16.4 Å². The Bertz CT molecular complexity index is 3990. The lowest BCUT2D eigenvalue weighted by molar-refractivity contribution is 0.669. The molecule has 0 radical (unpaired) electrons. The van der Waals surface area contributed by atoms with Gasteiger partial charge >= 0.3 is 0 Å². The quantitative estimate of drug-likeness (QED) is 0.149. The summed E-state index contributed by atoms with van der Waals surface area (Å²) in [4.78, 5) is 2.42. The smallest absolute Gasteiger partial charge is 0.136 e. The number of rotatable bonds is 7. The predicted molar refractivity (Wildman–Crippen MR) is 280 cm³/mol. The van der Waals surface area contributed by atoms with Gasteiger partial charge in [-0.1, -0.05) is 206 Å². The first kappa shape index (κ1) is 37.8. The molecular formula is C64H41NO. The van der Waals surface area contributed by atoms with Gasteiger partial charge in [0.1, 0.15) is 11.2 Å². The van der Waals surface area contributed by atoms with E-state index in [-0.39, 0.29) is 0 Å². The molecule has 0 aliphatic rings. The summed E-state index contributed by atoms with van der Waals surface area (Å²) >= 11 is 0. The summed E-state index contributed by atoms with van der Waals surface area (Å²) in [6.45, 7) is 0. The van der Waals surface area contributed by atoms with E-state index in [9.17, 15) is 0 Å². The van der Waals surface area contributed by atoms with Crippen LogP contribution in [0.4, 0.5) is 17.1 Å². The molecule has 2 nitrogen and oxygen atoms in total. The van der Waals surface area contributed by atoms with Gasteiger partial charge in [-0.25, -0.2) is 0 Å². The number of nitrogens with zero attached hydrogens (tertiary/aromatic N) is 1. The fraction of sp³-hybridized carbons (Fsp3) is 0. The molecule has 0 aliphatic carbocycles. The summed E-state index contributed by atoms with van der Waals surface area (Å²) in [7, 11) is 0.